The molecule has 0 saturated carbocycles. The van der Waals surface area contributed by atoms with Gasteiger partial charge in [0.1, 0.15) is 6.33 Å². The van der Waals surface area contributed by atoms with Crippen LogP contribution in [0.1, 0.15) is 12.8 Å². The molecule has 7 heteroatoms. The first-order valence-corrected chi connectivity index (χ1v) is 5.66. The number of H-pyrrole nitrogens is 1. The zero-order valence-electron chi connectivity index (χ0n) is 8.87. The predicted molar refractivity (Wildman–Crippen MR) is 53.8 cm³/mol. The van der Waals surface area contributed by atoms with E-state index in [0.29, 0.717) is 0 Å². The van der Waals surface area contributed by atoms with Crippen LogP contribution in [0.2, 0.25) is 0 Å². The number of carbonyl (C=O) groups is 2. The van der Waals surface area contributed by atoms with Gasteiger partial charge in [0.2, 0.25) is 17.8 Å². The summed E-state index contributed by atoms with van der Waals surface area (Å²) >= 11 is 0. The third-order valence-corrected chi connectivity index (χ3v) is 3.90. The average Bonchev–Trinajstić information content (AvgIpc) is 3.03. The Kier molecular flexibility index (Phi) is 1.60. The number of nitrogens with zero attached hydrogens (tertiary/aromatic N) is 3. The van der Waals surface area contributed by atoms with E-state index in [1.807, 2.05) is 0 Å². The van der Waals surface area contributed by atoms with Gasteiger partial charge in [-0.15, -0.1) is 0 Å². The van der Waals surface area contributed by atoms with Crippen molar-refractivity contribution >= 4 is 17.8 Å². The van der Waals surface area contributed by atoms with E-state index in [-0.39, 0.29) is 41.8 Å². The smallest absolute Gasteiger partial charge is 0.242 e. The van der Waals surface area contributed by atoms with Crippen molar-refractivity contribution in [2.75, 3.05) is 4.90 Å². The highest BCUT2D eigenvalue weighted by Crippen LogP contribution is 2.48. The molecule has 0 spiro atoms. The fraction of sp³-hybridized carbons (Fsp3) is 0.600. The Morgan fingerprint density at radius 2 is 1.88 bits per heavy atom. The minimum absolute atomic E-state index is 0.0885. The van der Waals surface area contributed by atoms with Gasteiger partial charge in [-0.2, -0.15) is 10.1 Å². The third kappa shape index (κ3) is 0.998. The molecule has 1 N–H and O–H groups in total. The maximum Gasteiger partial charge on any atom is 0.242 e. The van der Waals surface area contributed by atoms with E-state index in [9.17, 15) is 9.59 Å². The van der Waals surface area contributed by atoms with E-state index in [2.05, 4.69) is 15.2 Å². The molecule has 3 aliphatic heterocycles. The molecule has 1 aromatic heterocycles. The number of hydrogen-bond donors (Lipinski definition) is 1. The van der Waals surface area contributed by atoms with Crippen LogP contribution in [0.3, 0.4) is 0 Å². The zero-order valence-corrected chi connectivity index (χ0v) is 8.87. The Bertz CT molecular complexity index is 472. The van der Waals surface area contributed by atoms with Crippen molar-refractivity contribution < 1.29 is 14.3 Å². The van der Waals surface area contributed by atoms with Crippen LogP contribution in [0.25, 0.3) is 0 Å². The number of rotatable bonds is 1. The number of nitrogens with one attached hydrogen (secondary N) is 1. The van der Waals surface area contributed by atoms with E-state index in [0.717, 1.165) is 17.7 Å². The van der Waals surface area contributed by atoms with Gasteiger partial charge in [-0.3, -0.25) is 9.59 Å². The van der Waals surface area contributed by atoms with Crippen molar-refractivity contribution in [2.24, 2.45) is 11.8 Å². The van der Waals surface area contributed by atoms with Gasteiger partial charge in [-0.05, 0) is 12.8 Å². The Balaban J connectivity index is 1.77. The number of aromatic amines is 1. The lowest BCUT2D eigenvalue weighted by Gasteiger charge is -2.14. The second-order valence-electron chi connectivity index (χ2n) is 4.66. The molecule has 4 unspecified atom stereocenters. The normalized spacial score (nSPS) is 39.2. The minimum atomic E-state index is -0.314. The van der Waals surface area contributed by atoms with Gasteiger partial charge >= 0.3 is 0 Å². The van der Waals surface area contributed by atoms with Crippen LogP contribution in [0.15, 0.2) is 6.33 Å². The number of hydrogen-bond acceptors (Lipinski definition) is 5. The number of fused-ring (bicyclic) bond motifs is 5. The van der Waals surface area contributed by atoms with E-state index in [1.165, 1.54) is 6.33 Å². The van der Waals surface area contributed by atoms with Gasteiger partial charge in [-0.1, -0.05) is 0 Å². The van der Waals surface area contributed by atoms with Crippen LogP contribution in [-0.4, -0.2) is 39.2 Å². The Morgan fingerprint density at radius 1 is 1.24 bits per heavy atom. The lowest BCUT2D eigenvalue weighted by Crippen LogP contribution is -2.35. The fourth-order valence-corrected chi connectivity index (χ4v) is 3.23. The lowest BCUT2D eigenvalue weighted by atomic mass is 9.81. The summed E-state index contributed by atoms with van der Waals surface area (Å²) in [5, 5.41) is 6.23. The van der Waals surface area contributed by atoms with Crippen molar-refractivity contribution in [3.63, 3.8) is 0 Å². The van der Waals surface area contributed by atoms with E-state index in [1.54, 1.807) is 0 Å². The molecular formula is C10H10N4O3. The number of carbonyl (C=O) groups excluding carboxylic acids is 2. The summed E-state index contributed by atoms with van der Waals surface area (Å²) < 4.78 is 5.63. The zero-order chi connectivity index (χ0) is 11.6. The molecule has 7 nitrogen and oxygen atoms in total. The number of anilines is 1. The molecule has 0 aromatic carbocycles. The van der Waals surface area contributed by atoms with Crippen LogP contribution in [0, 0.1) is 11.8 Å². The maximum absolute atomic E-state index is 12.2. The van der Waals surface area contributed by atoms with Gasteiger partial charge in [-0.25, -0.2) is 10.00 Å². The third-order valence-electron chi connectivity index (χ3n) is 3.90. The summed E-state index contributed by atoms with van der Waals surface area (Å²) in [6.45, 7) is 0. The summed E-state index contributed by atoms with van der Waals surface area (Å²) in [6.07, 6.45) is 2.85. The van der Waals surface area contributed by atoms with Crippen molar-refractivity contribution in [3.8, 4) is 0 Å². The maximum atomic E-state index is 12.2. The summed E-state index contributed by atoms with van der Waals surface area (Å²) in [5.41, 5.74) is 0. The second-order valence-corrected chi connectivity index (χ2v) is 4.66. The summed E-state index contributed by atoms with van der Waals surface area (Å²) in [6, 6.07) is 0. The van der Waals surface area contributed by atoms with Gasteiger partial charge in [0.25, 0.3) is 0 Å². The Labute approximate surface area is 96.1 Å². The topological polar surface area (TPSA) is 88.2 Å². The number of imide groups is 1. The second kappa shape index (κ2) is 2.92. The number of aromatic nitrogens is 3. The van der Waals surface area contributed by atoms with Crippen LogP contribution in [-0.2, 0) is 14.3 Å². The molecule has 1 aromatic rings. The van der Waals surface area contributed by atoms with Crippen LogP contribution >= 0.6 is 0 Å². The van der Waals surface area contributed by atoms with Crippen LogP contribution in [0.5, 0.6) is 0 Å². The molecule has 3 saturated heterocycles. The van der Waals surface area contributed by atoms with Crippen LogP contribution in [0.4, 0.5) is 5.95 Å². The van der Waals surface area contributed by atoms with Crippen molar-refractivity contribution in [1.29, 1.82) is 0 Å². The molecule has 3 fully saturated rings. The van der Waals surface area contributed by atoms with Gasteiger partial charge < -0.3 is 4.74 Å². The number of ether oxygens (including phenoxy) is 1. The molecule has 88 valence electrons. The SMILES string of the molecule is O=C1C2C3CCC(O3)C2C(=O)N1c1ncn[nH]1. The van der Waals surface area contributed by atoms with Gasteiger partial charge in [0, 0.05) is 0 Å². The molecule has 2 amide bonds. The Hall–Kier alpha value is -1.76. The largest absolute Gasteiger partial charge is 0.373 e. The monoisotopic (exact) mass is 234 g/mol. The molecule has 4 rings (SSSR count). The molecule has 17 heavy (non-hydrogen) atoms. The predicted octanol–water partition coefficient (Wildman–Crippen LogP) is -0.529. The van der Waals surface area contributed by atoms with Crippen molar-refractivity contribution in [2.45, 2.75) is 25.0 Å². The minimum Gasteiger partial charge on any atom is -0.373 e. The van der Waals surface area contributed by atoms with E-state index in [4.69, 9.17) is 4.74 Å². The van der Waals surface area contributed by atoms with E-state index >= 15 is 0 Å². The molecule has 4 atom stereocenters. The molecule has 0 radical (unpaired) electrons. The first-order valence-electron chi connectivity index (χ1n) is 5.66. The van der Waals surface area contributed by atoms with Crippen molar-refractivity contribution in [1.82, 2.24) is 15.2 Å². The highest BCUT2D eigenvalue weighted by atomic mass is 16.5. The number of amides is 2. The first-order chi connectivity index (χ1) is 8.27. The quantitative estimate of drug-likeness (QED) is 0.660. The van der Waals surface area contributed by atoms with Gasteiger partial charge in [0.05, 0.1) is 24.0 Å². The highest BCUT2D eigenvalue weighted by Gasteiger charge is 2.63. The fourth-order valence-electron chi connectivity index (χ4n) is 3.23. The first kappa shape index (κ1) is 9.29. The summed E-state index contributed by atoms with van der Waals surface area (Å²) in [4.78, 5) is 29.4. The van der Waals surface area contributed by atoms with Crippen molar-refractivity contribution in [3.05, 3.63) is 6.33 Å². The highest BCUT2D eigenvalue weighted by molar-refractivity contribution is 6.21. The summed E-state index contributed by atoms with van der Waals surface area (Å²) in [7, 11) is 0. The van der Waals surface area contributed by atoms with Crippen LogP contribution < -0.4 is 4.90 Å². The molecular weight excluding hydrogens is 224 g/mol. The molecule has 2 bridgehead atoms. The Morgan fingerprint density at radius 3 is 2.41 bits per heavy atom. The average molecular weight is 234 g/mol. The standard InChI is InChI=1S/C10H10N4O3/c15-8-6-4-1-2-5(17-4)7(6)9(16)14(8)10-11-3-12-13-10/h3-7H,1-2H2,(H,11,12,13). The van der Waals surface area contributed by atoms with Gasteiger partial charge in [0.15, 0.2) is 0 Å². The lowest BCUT2D eigenvalue weighted by molar-refractivity contribution is -0.124. The molecule has 0 aliphatic carbocycles. The molecule has 3 aliphatic rings. The summed E-state index contributed by atoms with van der Waals surface area (Å²) in [5.74, 6) is -0.820. The van der Waals surface area contributed by atoms with E-state index < -0.39 is 0 Å². The molecule has 4 heterocycles.